The summed E-state index contributed by atoms with van der Waals surface area (Å²) in [7, 11) is 0. The van der Waals surface area contributed by atoms with Crippen LogP contribution in [0.4, 0.5) is 16.2 Å². The molecule has 2 aromatic rings. The minimum atomic E-state index is -0.352. The Morgan fingerprint density at radius 3 is 2.40 bits per heavy atom. The van der Waals surface area contributed by atoms with Crippen LogP contribution in [0.1, 0.15) is 12.5 Å². The van der Waals surface area contributed by atoms with Crippen LogP contribution in [0.25, 0.3) is 0 Å². The number of nitrogens with one attached hydrogen (secondary N) is 2. The van der Waals surface area contributed by atoms with Crippen LogP contribution < -0.4 is 10.6 Å². The summed E-state index contributed by atoms with van der Waals surface area (Å²) >= 11 is 11.9. The molecule has 0 bridgehead atoms. The molecule has 2 aromatic carbocycles. The third kappa shape index (κ3) is 3.44. The van der Waals surface area contributed by atoms with Crippen molar-refractivity contribution in [1.29, 1.82) is 0 Å². The van der Waals surface area contributed by atoms with Gasteiger partial charge >= 0.3 is 6.03 Å². The van der Waals surface area contributed by atoms with E-state index in [1.54, 1.807) is 18.2 Å². The highest BCUT2D eigenvalue weighted by Gasteiger charge is 2.09. The van der Waals surface area contributed by atoms with Crippen LogP contribution in [0.5, 0.6) is 0 Å². The summed E-state index contributed by atoms with van der Waals surface area (Å²) < 4.78 is 0. The molecule has 0 radical (unpaired) electrons. The molecule has 104 valence electrons. The van der Waals surface area contributed by atoms with Crippen LogP contribution in [-0.2, 0) is 6.42 Å². The number of aryl methyl sites for hydroxylation is 1. The van der Waals surface area contributed by atoms with E-state index in [1.807, 2.05) is 31.2 Å². The van der Waals surface area contributed by atoms with E-state index in [0.29, 0.717) is 15.7 Å². The fourth-order valence-electron chi connectivity index (χ4n) is 1.83. The highest BCUT2D eigenvalue weighted by atomic mass is 35.5. The van der Waals surface area contributed by atoms with Crippen molar-refractivity contribution in [1.82, 2.24) is 0 Å². The second-order valence-electron chi connectivity index (χ2n) is 4.19. The molecule has 0 saturated carbocycles. The number of anilines is 2. The second kappa shape index (κ2) is 6.64. The van der Waals surface area contributed by atoms with Crippen molar-refractivity contribution in [2.45, 2.75) is 13.3 Å². The normalized spacial score (nSPS) is 10.2. The first kappa shape index (κ1) is 14.7. The molecule has 5 heteroatoms. The Hall–Kier alpha value is -1.71. The van der Waals surface area contributed by atoms with Crippen LogP contribution >= 0.6 is 23.2 Å². The SMILES string of the molecule is CCc1ccccc1NC(=O)Nc1cccc(Cl)c1Cl. The smallest absolute Gasteiger partial charge is 0.307 e. The zero-order chi connectivity index (χ0) is 14.5. The Bertz CT molecular complexity index is 629. The molecule has 0 aliphatic rings. The third-order valence-corrected chi connectivity index (χ3v) is 3.67. The number of urea groups is 1. The lowest BCUT2D eigenvalue weighted by Crippen LogP contribution is -2.20. The molecule has 0 saturated heterocycles. The largest absolute Gasteiger partial charge is 0.323 e. The summed E-state index contributed by atoms with van der Waals surface area (Å²) in [5.41, 5.74) is 2.33. The number of benzene rings is 2. The maximum atomic E-state index is 12.0. The molecule has 0 aliphatic heterocycles. The maximum absolute atomic E-state index is 12.0. The van der Waals surface area contributed by atoms with Gasteiger partial charge in [0.25, 0.3) is 0 Å². The molecule has 0 fully saturated rings. The molecule has 2 rings (SSSR count). The fraction of sp³-hybridized carbons (Fsp3) is 0.133. The van der Waals surface area contributed by atoms with Gasteiger partial charge in [0.1, 0.15) is 0 Å². The fourth-order valence-corrected chi connectivity index (χ4v) is 2.17. The lowest BCUT2D eigenvalue weighted by atomic mass is 10.1. The third-order valence-electron chi connectivity index (χ3n) is 2.85. The van der Waals surface area contributed by atoms with Crippen molar-refractivity contribution in [3.8, 4) is 0 Å². The van der Waals surface area contributed by atoms with Crippen LogP contribution in [0.15, 0.2) is 42.5 Å². The Kier molecular flexibility index (Phi) is 4.88. The molecule has 2 amide bonds. The van der Waals surface area contributed by atoms with Gasteiger partial charge in [-0.3, -0.25) is 0 Å². The zero-order valence-electron chi connectivity index (χ0n) is 10.9. The highest BCUT2D eigenvalue weighted by Crippen LogP contribution is 2.29. The number of amides is 2. The molecule has 0 heterocycles. The molecule has 0 spiro atoms. The Morgan fingerprint density at radius 1 is 1.00 bits per heavy atom. The topological polar surface area (TPSA) is 41.1 Å². The van der Waals surface area contributed by atoms with Gasteiger partial charge in [-0.2, -0.15) is 0 Å². The molecule has 0 unspecified atom stereocenters. The summed E-state index contributed by atoms with van der Waals surface area (Å²) in [5, 5.41) is 6.22. The van der Waals surface area contributed by atoms with Crippen molar-refractivity contribution in [2.24, 2.45) is 0 Å². The van der Waals surface area contributed by atoms with Gasteiger partial charge in [-0.15, -0.1) is 0 Å². The van der Waals surface area contributed by atoms with E-state index in [1.165, 1.54) is 0 Å². The van der Waals surface area contributed by atoms with Gasteiger partial charge in [0.05, 0.1) is 15.7 Å². The number of carbonyl (C=O) groups excluding carboxylic acids is 1. The molecule has 0 atom stereocenters. The molecule has 3 nitrogen and oxygen atoms in total. The number of hydrogen-bond acceptors (Lipinski definition) is 1. The lowest BCUT2D eigenvalue weighted by Gasteiger charge is -2.12. The molecular weight excluding hydrogens is 295 g/mol. The van der Waals surface area contributed by atoms with Gasteiger partial charge in [-0.05, 0) is 30.2 Å². The first-order chi connectivity index (χ1) is 9.61. The highest BCUT2D eigenvalue weighted by molar-refractivity contribution is 6.44. The van der Waals surface area contributed by atoms with Gasteiger partial charge in [0.15, 0.2) is 0 Å². The summed E-state index contributed by atoms with van der Waals surface area (Å²) in [5.74, 6) is 0. The average molecular weight is 309 g/mol. The Labute approximate surface area is 127 Å². The van der Waals surface area contributed by atoms with Gasteiger partial charge in [-0.1, -0.05) is 54.4 Å². The number of hydrogen-bond donors (Lipinski definition) is 2. The average Bonchev–Trinajstić information content (AvgIpc) is 2.44. The van der Waals surface area contributed by atoms with Crippen molar-refractivity contribution in [3.05, 3.63) is 58.1 Å². The van der Waals surface area contributed by atoms with Gasteiger partial charge in [0, 0.05) is 5.69 Å². The quantitative estimate of drug-likeness (QED) is 0.804. The first-order valence-corrected chi connectivity index (χ1v) is 6.97. The number of para-hydroxylation sites is 1. The monoisotopic (exact) mass is 308 g/mol. The minimum absolute atomic E-state index is 0.327. The number of carbonyl (C=O) groups is 1. The van der Waals surface area contributed by atoms with E-state index in [2.05, 4.69) is 10.6 Å². The van der Waals surface area contributed by atoms with E-state index in [9.17, 15) is 4.79 Å². The Morgan fingerprint density at radius 2 is 1.65 bits per heavy atom. The predicted molar refractivity (Wildman–Crippen MR) is 84.9 cm³/mol. The summed E-state index contributed by atoms with van der Waals surface area (Å²) in [4.78, 5) is 12.0. The van der Waals surface area contributed by atoms with Crippen molar-refractivity contribution < 1.29 is 4.79 Å². The molecule has 0 aliphatic carbocycles. The summed E-state index contributed by atoms with van der Waals surface area (Å²) in [6.07, 6.45) is 0.842. The predicted octanol–water partition coefficient (Wildman–Crippen LogP) is 5.20. The van der Waals surface area contributed by atoms with Gasteiger partial charge in [-0.25, -0.2) is 4.79 Å². The van der Waals surface area contributed by atoms with Crippen LogP contribution in [-0.4, -0.2) is 6.03 Å². The van der Waals surface area contributed by atoms with E-state index in [-0.39, 0.29) is 6.03 Å². The minimum Gasteiger partial charge on any atom is -0.307 e. The van der Waals surface area contributed by atoms with Crippen molar-refractivity contribution in [2.75, 3.05) is 10.6 Å². The van der Waals surface area contributed by atoms with Gasteiger partial charge < -0.3 is 10.6 Å². The molecule has 2 N–H and O–H groups in total. The number of rotatable bonds is 3. The molecule has 0 aromatic heterocycles. The second-order valence-corrected chi connectivity index (χ2v) is 4.98. The lowest BCUT2D eigenvalue weighted by molar-refractivity contribution is 0.262. The molecule has 20 heavy (non-hydrogen) atoms. The Balaban J connectivity index is 2.11. The standard InChI is InChI=1S/C15H14Cl2N2O/c1-2-10-6-3-4-8-12(10)18-15(20)19-13-9-5-7-11(16)14(13)17/h3-9H,2H2,1H3,(H2,18,19,20). The molecular formula is C15H14Cl2N2O. The zero-order valence-corrected chi connectivity index (χ0v) is 12.4. The van der Waals surface area contributed by atoms with E-state index >= 15 is 0 Å². The van der Waals surface area contributed by atoms with E-state index in [0.717, 1.165) is 17.7 Å². The number of halogens is 2. The van der Waals surface area contributed by atoms with Crippen LogP contribution in [0.2, 0.25) is 10.0 Å². The van der Waals surface area contributed by atoms with Crippen LogP contribution in [0, 0.1) is 0 Å². The van der Waals surface area contributed by atoms with Gasteiger partial charge in [0.2, 0.25) is 0 Å². The van der Waals surface area contributed by atoms with Crippen LogP contribution in [0.3, 0.4) is 0 Å². The van der Waals surface area contributed by atoms with E-state index < -0.39 is 0 Å². The summed E-state index contributed by atoms with van der Waals surface area (Å²) in [6, 6.07) is 12.4. The first-order valence-electron chi connectivity index (χ1n) is 6.21. The van der Waals surface area contributed by atoms with Crippen molar-refractivity contribution >= 4 is 40.6 Å². The van der Waals surface area contributed by atoms with Crippen molar-refractivity contribution in [3.63, 3.8) is 0 Å². The summed E-state index contributed by atoms with van der Waals surface area (Å²) in [6.45, 7) is 2.03. The van der Waals surface area contributed by atoms with E-state index in [4.69, 9.17) is 23.2 Å². The maximum Gasteiger partial charge on any atom is 0.323 e.